The molecule has 1 aromatic heterocycles. The Bertz CT molecular complexity index is 612. The van der Waals surface area contributed by atoms with Crippen LogP contribution in [0.25, 0.3) is 0 Å². The van der Waals surface area contributed by atoms with Crippen molar-refractivity contribution in [1.82, 2.24) is 15.1 Å². The zero-order valence-electron chi connectivity index (χ0n) is 11.9. The van der Waals surface area contributed by atoms with Crippen molar-refractivity contribution < 1.29 is 0 Å². The summed E-state index contributed by atoms with van der Waals surface area (Å²) >= 11 is 0. The minimum atomic E-state index is 0.480. The number of fused-ring (bicyclic) bond motifs is 2. The van der Waals surface area contributed by atoms with E-state index < -0.39 is 0 Å². The molecule has 3 heterocycles. The molecule has 2 aliphatic heterocycles. The lowest BCUT2D eigenvalue weighted by Crippen LogP contribution is -2.46. The van der Waals surface area contributed by atoms with E-state index in [0.29, 0.717) is 17.9 Å². The molecular weight excluding hydrogens is 262 g/mol. The highest BCUT2D eigenvalue weighted by molar-refractivity contribution is 5.45. The van der Waals surface area contributed by atoms with E-state index in [2.05, 4.69) is 50.3 Å². The largest absolute Gasteiger partial charge is 0.382 e. The molecule has 2 unspecified atom stereocenters. The molecule has 4 rings (SSSR count). The monoisotopic (exact) mass is 281 g/mol. The molecular formula is C16H19N5. The second-order valence-corrected chi connectivity index (χ2v) is 5.93. The van der Waals surface area contributed by atoms with E-state index >= 15 is 0 Å². The van der Waals surface area contributed by atoms with Crippen molar-refractivity contribution >= 4 is 11.6 Å². The standard InChI is InChI=1S/C16H19N5/c17-15-6-7-16(19-18-15)21-11-13-8-14(21)10-20(13)9-12-4-2-1-3-5-12/h1-7,13-14H,8-11H2,(H2,17,18). The van der Waals surface area contributed by atoms with Gasteiger partial charge in [0.15, 0.2) is 5.82 Å². The van der Waals surface area contributed by atoms with Gasteiger partial charge in [0.25, 0.3) is 0 Å². The van der Waals surface area contributed by atoms with Crippen LogP contribution in [0.2, 0.25) is 0 Å². The van der Waals surface area contributed by atoms with Crippen LogP contribution in [0, 0.1) is 0 Å². The predicted octanol–water partition coefficient (Wildman–Crippen LogP) is 1.52. The van der Waals surface area contributed by atoms with Crippen LogP contribution >= 0.6 is 0 Å². The number of piperazine rings is 1. The Labute approximate surface area is 124 Å². The van der Waals surface area contributed by atoms with Crippen molar-refractivity contribution in [2.75, 3.05) is 23.7 Å². The summed E-state index contributed by atoms with van der Waals surface area (Å²) in [5.74, 6) is 1.44. The molecule has 1 aromatic carbocycles. The van der Waals surface area contributed by atoms with Gasteiger partial charge in [-0.1, -0.05) is 30.3 Å². The van der Waals surface area contributed by atoms with Crippen LogP contribution in [0.1, 0.15) is 12.0 Å². The molecule has 0 radical (unpaired) electrons. The number of rotatable bonds is 3. The van der Waals surface area contributed by atoms with E-state index in [9.17, 15) is 0 Å². The molecule has 2 N–H and O–H groups in total. The maximum atomic E-state index is 5.61. The van der Waals surface area contributed by atoms with Gasteiger partial charge in [0.2, 0.25) is 0 Å². The van der Waals surface area contributed by atoms with Gasteiger partial charge in [-0.3, -0.25) is 4.90 Å². The number of hydrogen-bond acceptors (Lipinski definition) is 5. The summed E-state index contributed by atoms with van der Waals surface area (Å²) in [7, 11) is 0. The Kier molecular flexibility index (Phi) is 3.00. The van der Waals surface area contributed by atoms with Gasteiger partial charge in [-0.15, -0.1) is 10.2 Å². The molecule has 0 spiro atoms. The Balaban J connectivity index is 1.45. The quantitative estimate of drug-likeness (QED) is 0.924. The third kappa shape index (κ3) is 2.34. The van der Waals surface area contributed by atoms with Crippen LogP contribution in [-0.4, -0.2) is 40.3 Å². The highest BCUT2D eigenvalue weighted by atomic mass is 15.4. The second-order valence-electron chi connectivity index (χ2n) is 5.93. The summed E-state index contributed by atoms with van der Waals surface area (Å²) in [6.45, 7) is 3.19. The van der Waals surface area contributed by atoms with Crippen LogP contribution in [0.3, 0.4) is 0 Å². The van der Waals surface area contributed by atoms with Crippen LogP contribution in [0.15, 0.2) is 42.5 Å². The number of nitrogens with two attached hydrogens (primary N) is 1. The fourth-order valence-corrected chi connectivity index (χ4v) is 3.53. The molecule has 21 heavy (non-hydrogen) atoms. The van der Waals surface area contributed by atoms with Gasteiger partial charge in [-0.25, -0.2) is 0 Å². The number of nitrogen functional groups attached to an aromatic ring is 1. The lowest BCUT2D eigenvalue weighted by molar-refractivity contribution is 0.230. The van der Waals surface area contributed by atoms with Gasteiger partial charge < -0.3 is 10.6 Å². The van der Waals surface area contributed by atoms with E-state index in [1.165, 1.54) is 12.0 Å². The lowest BCUT2D eigenvalue weighted by Gasteiger charge is -2.34. The molecule has 2 saturated heterocycles. The molecule has 5 nitrogen and oxygen atoms in total. The van der Waals surface area contributed by atoms with Gasteiger partial charge in [0.05, 0.1) is 0 Å². The first-order valence-corrected chi connectivity index (χ1v) is 7.43. The SMILES string of the molecule is Nc1ccc(N2CC3CC2CN3Cc2ccccc2)nn1. The fraction of sp³-hybridized carbons (Fsp3) is 0.375. The Morgan fingerprint density at radius 1 is 1.00 bits per heavy atom. The number of nitrogens with zero attached hydrogens (tertiary/aromatic N) is 4. The van der Waals surface area contributed by atoms with Crippen molar-refractivity contribution in [3.05, 3.63) is 48.0 Å². The first-order chi connectivity index (χ1) is 10.3. The smallest absolute Gasteiger partial charge is 0.151 e. The molecule has 2 fully saturated rings. The van der Waals surface area contributed by atoms with Crippen molar-refractivity contribution in [1.29, 1.82) is 0 Å². The summed E-state index contributed by atoms with van der Waals surface area (Å²) < 4.78 is 0. The highest BCUT2D eigenvalue weighted by Crippen LogP contribution is 2.34. The van der Waals surface area contributed by atoms with Crippen molar-refractivity contribution in [2.45, 2.75) is 25.0 Å². The van der Waals surface area contributed by atoms with E-state index in [1.807, 2.05) is 12.1 Å². The first kappa shape index (κ1) is 12.6. The molecule has 2 aromatic rings. The fourth-order valence-electron chi connectivity index (χ4n) is 3.53. The van der Waals surface area contributed by atoms with Gasteiger partial charge in [0.1, 0.15) is 5.82 Å². The molecule has 108 valence electrons. The van der Waals surface area contributed by atoms with Crippen LogP contribution in [0.5, 0.6) is 0 Å². The molecule has 2 bridgehead atoms. The van der Waals surface area contributed by atoms with Gasteiger partial charge in [-0.05, 0) is 24.1 Å². The van der Waals surface area contributed by atoms with Crippen molar-refractivity contribution in [3.63, 3.8) is 0 Å². The topological polar surface area (TPSA) is 58.3 Å². The molecule has 0 aliphatic carbocycles. The number of benzene rings is 1. The zero-order valence-corrected chi connectivity index (χ0v) is 11.9. The number of likely N-dealkylation sites (tertiary alicyclic amines) is 1. The van der Waals surface area contributed by atoms with Crippen LogP contribution < -0.4 is 10.6 Å². The van der Waals surface area contributed by atoms with Crippen molar-refractivity contribution in [3.8, 4) is 0 Å². The summed E-state index contributed by atoms with van der Waals surface area (Å²) in [6, 6.07) is 15.7. The maximum absolute atomic E-state index is 5.61. The number of hydrogen-bond donors (Lipinski definition) is 1. The van der Waals surface area contributed by atoms with E-state index in [-0.39, 0.29) is 0 Å². The summed E-state index contributed by atoms with van der Waals surface area (Å²) in [5.41, 5.74) is 7.00. The van der Waals surface area contributed by atoms with Gasteiger partial charge in [-0.2, -0.15) is 0 Å². The minimum absolute atomic E-state index is 0.480. The molecule has 2 aliphatic rings. The third-order valence-corrected chi connectivity index (χ3v) is 4.55. The van der Waals surface area contributed by atoms with E-state index in [0.717, 1.165) is 25.5 Å². The maximum Gasteiger partial charge on any atom is 0.151 e. The number of aromatic nitrogens is 2. The summed E-state index contributed by atoms with van der Waals surface area (Å²) in [6.07, 6.45) is 1.22. The van der Waals surface area contributed by atoms with Crippen molar-refractivity contribution in [2.24, 2.45) is 0 Å². The predicted molar refractivity (Wildman–Crippen MR) is 82.8 cm³/mol. The highest BCUT2D eigenvalue weighted by Gasteiger charge is 2.43. The molecule has 0 saturated carbocycles. The minimum Gasteiger partial charge on any atom is -0.382 e. The van der Waals surface area contributed by atoms with E-state index in [4.69, 9.17) is 5.73 Å². The van der Waals surface area contributed by atoms with Gasteiger partial charge >= 0.3 is 0 Å². The summed E-state index contributed by atoms with van der Waals surface area (Å²) in [5, 5.41) is 8.19. The average Bonchev–Trinajstić information content (AvgIpc) is 3.09. The molecule has 2 atom stereocenters. The van der Waals surface area contributed by atoms with Crippen LogP contribution in [0.4, 0.5) is 11.6 Å². The Morgan fingerprint density at radius 2 is 1.86 bits per heavy atom. The second kappa shape index (κ2) is 5.00. The molecule has 5 heteroatoms. The molecule has 0 amide bonds. The lowest BCUT2D eigenvalue weighted by atomic mass is 10.2. The third-order valence-electron chi connectivity index (χ3n) is 4.55. The normalized spacial score (nSPS) is 24.7. The van der Waals surface area contributed by atoms with Gasteiger partial charge in [0, 0.05) is 31.7 Å². The Hall–Kier alpha value is -2.14. The Morgan fingerprint density at radius 3 is 2.52 bits per heavy atom. The first-order valence-electron chi connectivity index (χ1n) is 7.43. The van der Waals surface area contributed by atoms with E-state index in [1.54, 1.807) is 0 Å². The summed E-state index contributed by atoms with van der Waals surface area (Å²) in [4.78, 5) is 4.96. The zero-order chi connectivity index (χ0) is 14.2. The van der Waals surface area contributed by atoms with Crippen LogP contribution in [-0.2, 0) is 6.54 Å². The average molecular weight is 281 g/mol. The number of anilines is 2.